The minimum atomic E-state index is -3.39. The van der Waals surface area contributed by atoms with Gasteiger partial charge < -0.3 is 5.32 Å². The third-order valence-corrected chi connectivity index (χ3v) is 6.44. The number of aryl methyl sites for hydroxylation is 1. The van der Waals surface area contributed by atoms with Crippen LogP contribution >= 0.6 is 11.3 Å². The molecule has 0 spiro atoms. The summed E-state index contributed by atoms with van der Waals surface area (Å²) in [7, 11) is -3.39. The lowest BCUT2D eigenvalue weighted by Crippen LogP contribution is -2.30. The fourth-order valence-corrected chi connectivity index (χ4v) is 4.83. The lowest BCUT2D eigenvalue weighted by Gasteiger charge is -2.17. The zero-order chi connectivity index (χ0) is 14.5. The van der Waals surface area contributed by atoms with E-state index in [4.69, 9.17) is 0 Å². The molecular weight excluding hydrogens is 280 g/mol. The van der Waals surface area contributed by atoms with Crippen molar-refractivity contribution in [1.82, 2.24) is 9.62 Å². The summed E-state index contributed by atoms with van der Waals surface area (Å²) < 4.78 is 26.8. The number of nitrogens with one attached hydrogen (secondary N) is 1. The number of sulfonamides is 1. The molecule has 0 aliphatic carbocycles. The summed E-state index contributed by atoms with van der Waals surface area (Å²) in [5, 5.41) is 3.22. The van der Waals surface area contributed by atoms with Crippen molar-refractivity contribution in [1.29, 1.82) is 0 Å². The van der Waals surface area contributed by atoms with Crippen LogP contribution in [-0.2, 0) is 16.6 Å². The highest BCUT2D eigenvalue weighted by atomic mass is 32.2. The van der Waals surface area contributed by atoms with Gasteiger partial charge in [-0.3, -0.25) is 0 Å². The van der Waals surface area contributed by atoms with Crippen LogP contribution in [0.3, 0.4) is 0 Å². The van der Waals surface area contributed by atoms with E-state index in [1.807, 2.05) is 20.8 Å². The van der Waals surface area contributed by atoms with Crippen LogP contribution < -0.4 is 5.32 Å². The van der Waals surface area contributed by atoms with Gasteiger partial charge in [-0.2, -0.15) is 4.31 Å². The fourth-order valence-electron chi connectivity index (χ4n) is 1.70. The van der Waals surface area contributed by atoms with Crippen molar-refractivity contribution in [3.63, 3.8) is 0 Å². The molecule has 1 aromatic heterocycles. The lowest BCUT2D eigenvalue weighted by atomic mass is 10.3. The van der Waals surface area contributed by atoms with Crippen molar-refractivity contribution in [3.8, 4) is 0 Å². The zero-order valence-electron chi connectivity index (χ0n) is 11.8. The molecule has 19 heavy (non-hydrogen) atoms. The largest absolute Gasteiger partial charge is 0.312 e. The van der Waals surface area contributed by atoms with Gasteiger partial charge in [0.1, 0.15) is 4.21 Å². The summed E-state index contributed by atoms with van der Waals surface area (Å²) in [5.41, 5.74) is 1.03. The SMILES string of the molecule is C=CCN(CC)S(=O)(=O)c1cc(C)c(CNCC)s1. The molecule has 0 radical (unpaired) electrons. The molecule has 4 nitrogen and oxygen atoms in total. The summed E-state index contributed by atoms with van der Waals surface area (Å²) >= 11 is 1.35. The molecule has 0 saturated heterocycles. The van der Waals surface area contributed by atoms with E-state index in [1.165, 1.54) is 15.6 Å². The van der Waals surface area contributed by atoms with Gasteiger partial charge in [0.2, 0.25) is 0 Å². The van der Waals surface area contributed by atoms with E-state index in [0.29, 0.717) is 17.3 Å². The standard InChI is InChI=1S/C13H22N2O2S2/c1-5-8-15(7-3)19(16,17)13-9-11(4)12(18-13)10-14-6-2/h5,9,14H,1,6-8,10H2,2-4H3. The number of nitrogens with zero attached hydrogens (tertiary/aromatic N) is 1. The Morgan fingerprint density at radius 1 is 1.47 bits per heavy atom. The molecule has 108 valence electrons. The fraction of sp³-hybridized carbons (Fsp3) is 0.538. The molecule has 0 aliphatic rings. The summed E-state index contributed by atoms with van der Waals surface area (Å²) in [4.78, 5) is 1.08. The van der Waals surface area contributed by atoms with E-state index < -0.39 is 10.0 Å². The molecule has 0 fully saturated rings. The van der Waals surface area contributed by atoms with Crippen molar-refractivity contribution < 1.29 is 8.42 Å². The topological polar surface area (TPSA) is 49.4 Å². The predicted octanol–water partition coefficient (Wildman–Crippen LogP) is 2.36. The van der Waals surface area contributed by atoms with Crippen LogP contribution in [0.1, 0.15) is 24.3 Å². The third-order valence-electron chi connectivity index (χ3n) is 2.81. The van der Waals surface area contributed by atoms with E-state index in [0.717, 1.165) is 23.5 Å². The number of hydrogen-bond donors (Lipinski definition) is 1. The first kappa shape index (κ1) is 16.4. The average Bonchev–Trinajstić information content (AvgIpc) is 2.75. The molecule has 1 rings (SSSR count). The van der Waals surface area contributed by atoms with Crippen LogP contribution in [0.15, 0.2) is 22.9 Å². The van der Waals surface area contributed by atoms with E-state index in [1.54, 1.807) is 12.1 Å². The van der Waals surface area contributed by atoms with Crippen LogP contribution in [0.5, 0.6) is 0 Å². The van der Waals surface area contributed by atoms with Gasteiger partial charge in [0, 0.05) is 24.5 Å². The van der Waals surface area contributed by atoms with Gasteiger partial charge in [0.05, 0.1) is 0 Å². The second-order valence-electron chi connectivity index (χ2n) is 4.20. The Labute approximate surface area is 120 Å². The monoisotopic (exact) mass is 302 g/mol. The summed E-state index contributed by atoms with van der Waals surface area (Å²) in [6, 6.07) is 1.76. The third kappa shape index (κ3) is 3.89. The normalized spacial score (nSPS) is 12.0. The van der Waals surface area contributed by atoms with E-state index in [2.05, 4.69) is 11.9 Å². The van der Waals surface area contributed by atoms with Gasteiger partial charge in [0.15, 0.2) is 0 Å². The summed E-state index contributed by atoms with van der Waals surface area (Å²) in [6.45, 7) is 11.8. The van der Waals surface area contributed by atoms with Gasteiger partial charge in [0.25, 0.3) is 10.0 Å². The maximum absolute atomic E-state index is 12.5. The van der Waals surface area contributed by atoms with Crippen LogP contribution in [0.25, 0.3) is 0 Å². The van der Waals surface area contributed by atoms with Gasteiger partial charge >= 0.3 is 0 Å². The minimum absolute atomic E-state index is 0.346. The first-order valence-corrected chi connectivity index (χ1v) is 8.64. The molecule has 0 aliphatic heterocycles. The highest BCUT2D eigenvalue weighted by Crippen LogP contribution is 2.28. The Morgan fingerprint density at radius 3 is 2.68 bits per heavy atom. The predicted molar refractivity (Wildman–Crippen MR) is 81.1 cm³/mol. The number of hydrogen-bond acceptors (Lipinski definition) is 4. The van der Waals surface area contributed by atoms with Crippen LogP contribution in [0.2, 0.25) is 0 Å². The van der Waals surface area contributed by atoms with Crippen molar-refractivity contribution >= 4 is 21.4 Å². The van der Waals surface area contributed by atoms with Crippen LogP contribution in [-0.4, -0.2) is 32.4 Å². The Morgan fingerprint density at radius 2 is 2.16 bits per heavy atom. The first-order valence-electron chi connectivity index (χ1n) is 6.38. The van der Waals surface area contributed by atoms with Crippen molar-refractivity contribution in [2.24, 2.45) is 0 Å². The maximum Gasteiger partial charge on any atom is 0.252 e. The minimum Gasteiger partial charge on any atom is -0.312 e. The molecule has 6 heteroatoms. The molecule has 1 aromatic rings. The highest BCUT2D eigenvalue weighted by Gasteiger charge is 2.24. The Bertz CT molecular complexity index is 521. The molecule has 0 bridgehead atoms. The molecule has 0 unspecified atom stereocenters. The molecule has 1 heterocycles. The summed E-state index contributed by atoms with van der Waals surface area (Å²) in [6.07, 6.45) is 1.61. The van der Waals surface area contributed by atoms with Crippen LogP contribution in [0.4, 0.5) is 0 Å². The van der Waals surface area contributed by atoms with Crippen LogP contribution in [0, 0.1) is 6.92 Å². The van der Waals surface area contributed by atoms with E-state index in [9.17, 15) is 8.42 Å². The number of rotatable bonds is 8. The van der Waals surface area contributed by atoms with Crippen molar-refractivity contribution in [3.05, 3.63) is 29.2 Å². The Balaban J connectivity index is 3.04. The van der Waals surface area contributed by atoms with E-state index >= 15 is 0 Å². The second-order valence-corrected chi connectivity index (χ2v) is 7.50. The van der Waals surface area contributed by atoms with E-state index in [-0.39, 0.29) is 0 Å². The molecular formula is C13H22N2O2S2. The molecule has 1 N–H and O–H groups in total. The van der Waals surface area contributed by atoms with Crippen molar-refractivity contribution in [2.75, 3.05) is 19.6 Å². The highest BCUT2D eigenvalue weighted by molar-refractivity contribution is 7.91. The number of likely N-dealkylation sites (N-methyl/N-ethyl adjacent to an activating group) is 1. The van der Waals surface area contributed by atoms with Gasteiger partial charge in [-0.15, -0.1) is 17.9 Å². The second kappa shape index (κ2) is 7.19. The Kier molecular flexibility index (Phi) is 6.19. The smallest absolute Gasteiger partial charge is 0.252 e. The van der Waals surface area contributed by atoms with Gasteiger partial charge in [-0.05, 0) is 25.1 Å². The Hall–Kier alpha value is -0.690. The lowest BCUT2D eigenvalue weighted by molar-refractivity contribution is 0.461. The van der Waals surface area contributed by atoms with Crippen molar-refractivity contribution in [2.45, 2.75) is 31.5 Å². The molecule has 0 aromatic carbocycles. The average molecular weight is 302 g/mol. The van der Waals surface area contributed by atoms with Gasteiger partial charge in [-0.25, -0.2) is 8.42 Å². The quantitative estimate of drug-likeness (QED) is 0.750. The maximum atomic E-state index is 12.5. The molecule has 0 atom stereocenters. The number of thiophene rings is 1. The molecule has 0 saturated carbocycles. The first-order chi connectivity index (χ1) is 8.97. The zero-order valence-corrected chi connectivity index (χ0v) is 13.4. The molecule has 0 amide bonds. The van der Waals surface area contributed by atoms with Gasteiger partial charge in [-0.1, -0.05) is 19.9 Å². The summed E-state index contributed by atoms with van der Waals surface area (Å²) in [5.74, 6) is 0.